The average molecular weight is 267 g/mol. The van der Waals surface area contributed by atoms with Gasteiger partial charge in [0.2, 0.25) is 0 Å². The molecule has 1 rings (SSSR count). The third kappa shape index (κ3) is 6.39. The van der Waals surface area contributed by atoms with E-state index in [2.05, 4.69) is 0 Å². The van der Waals surface area contributed by atoms with Gasteiger partial charge in [-0.2, -0.15) is 11.8 Å². The zero-order valence-electron chi connectivity index (χ0n) is 8.68. The Morgan fingerprint density at radius 1 is 1.13 bits per heavy atom. The van der Waals surface area contributed by atoms with Crippen molar-refractivity contribution in [1.29, 1.82) is 0 Å². The summed E-state index contributed by atoms with van der Waals surface area (Å²) in [5.41, 5.74) is 0. The van der Waals surface area contributed by atoms with E-state index < -0.39 is 0 Å². The van der Waals surface area contributed by atoms with Crippen LogP contribution in [0.2, 0.25) is 5.22 Å². The molecule has 0 amide bonds. The second kappa shape index (κ2) is 8.37. The molecule has 1 aromatic rings. The van der Waals surface area contributed by atoms with Gasteiger partial charge in [-0.15, -0.1) is 11.6 Å². The van der Waals surface area contributed by atoms with Gasteiger partial charge < -0.3 is 4.42 Å². The monoisotopic (exact) mass is 266 g/mol. The molecule has 1 nitrogen and oxygen atoms in total. The molecule has 0 atom stereocenters. The summed E-state index contributed by atoms with van der Waals surface area (Å²) in [5.74, 6) is 3.85. The number of furan rings is 1. The van der Waals surface area contributed by atoms with Crippen LogP contribution in [0.5, 0.6) is 0 Å². The number of hydrogen-bond donors (Lipinski definition) is 0. The first kappa shape index (κ1) is 13.3. The summed E-state index contributed by atoms with van der Waals surface area (Å²) in [5, 5.41) is 0.479. The molecule has 0 saturated carbocycles. The summed E-state index contributed by atoms with van der Waals surface area (Å²) in [6, 6.07) is 3.72. The van der Waals surface area contributed by atoms with Gasteiger partial charge in [0.25, 0.3) is 0 Å². The topological polar surface area (TPSA) is 13.1 Å². The highest BCUT2D eigenvalue weighted by Crippen LogP contribution is 2.19. The van der Waals surface area contributed by atoms with Crippen LogP contribution in [-0.2, 0) is 5.75 Å². The van der Waals surface area contributed by atoms with Crippen LogP contribution in [0.4, 0.5) is 0 Å². The van der Waals surface area contributed by atoms with Crippen LogP contribution in [0.1, 0.15) is 31.4 Å². The minimum atomic E-state index is 0.479. The summed E-state index contributed by atoms with van der Waals surface area (Å²) in [6.45, 7) is 0. The molecule has 0 aliphatic carbocycles. The second-order valence-electron chi connectivity index (χ2n) is 3.36. The molecule has 0 N–H and O–H groups in total. The predicted molar refractivity (Wildman–Crippen MR) is 69.1 cm³/mol. The van der Waals surface area contributed by atoms with Crippen LogP contribution < -0.4 is 0 Å². The molecule has 86 valence electrons. The van der Waals surface area contributed by atoms with Crippen LogP contribution >= 0.6 is 35.0 Å². The summed E-state index contributed by atoms with van der Waals surface area (Å²) >= 11 is 13.2. The molecule has 0 fully saturated rings. The highest BCUT2D eigenvalue weighted by Gasteiger charge is 1.99. The fourth-order valence-electron chi connectivity index (χ4n) is 1.25. The quantitative estimate of drug-likeness (QED) is 0.487. The summed E-state index contributed by atoms with van der Waals surface area (Å²) in [7, 11) is 0. The van der Waals surface area contributed by atoms with Crippen molar-refractivity contribution < 1.29 is 4.42 Å². The van der Waals surface area contributed by atoms with Gasteiger partial charge >= 0.3 is 0 Å². The first-order valence-electron chi connectivity index (χ1n) is 5.21. The van der Waals surface area contributed by atoms with Gasteiger partial charge in [-0.3, -0.25) is 0 Å². The Morgan fingerprint density at radius 3 is 2.60 bits per heavy atom. The van der Waals surface area contributed by atoms with E-state index in [4.69, 9.17) is 27.6 Å². The molecule has 0 saturated heterocycles. The largest absolute Gasteiger partial charge is 0.449 e. The first-order chi connectivity index (χ1) is 7.33. The highest BCUT2D eigenvalue weighted by molar-refractivity contribution is 7.98. The molecule has 0 bridgehead atoms. The van der Waals surface area contributed by atoms with Gasteiger partial charge in [-0.1, -0.05) is 12.8 Å². The van der Waals surface area contributed by atoms with Crippen molar-refractivity contribution in [2.24, 2.45) is 0 Å². The van der Waals surface area contributed by atoms with Crippen molar-refractivity contribution >= 4 is 35.0 Å². The van der Waals surface area contributed by atoms with E-state index in [0.29, 0.717) is 5.22 Å². The van der Waals surface area contributed by atoms with Crippen LogP contribution in [0.15, 0.2) is 16.5 Å². The van der Waals surface area contributed by atoms with Crippen LogP contribution in [0, 0.1) is 0 Å². The highest BCUT2D eigenvalue weighted by atomic mass is 35.5. The zero-order valence-corrected chi connectivity index (χ0v) is 11.0. The Kier molecular flexibility index (Phi) is 7.41. The number of hydrogen-bond acceptors (Lipinski definition) is 2. The minimum absolute atomic E-state index is 0.479. The summed E-state index contributed by atoms with van der Waals surface area (Å²) < 4.78 is 5.26. The van der Waals surface area contributed by atoms with E-state index in [0.717, 1.165) is 23.8 Å². The van der Waals surface area contributed by atoms with Crippen LogP contribution in [0.25, 0.3) is 0 Å². The molecular formula is C11H16Cl2OS. The Bertz CT molecular complexity index is 263. The fourth-order valence-corrected chi connectivity index (χ4v) is 2.51. The minimum Gasteiger partial charge on any atom is -0.449 e. The van der Waals surface area contributed by atoms with Crippen molar-refractivity contribution in [3.8, 4) is 0 Å². The fraction of sp³-hybridized carbons (Fsp3) is 0.636. The van der Waals surface area contributed by atoms with Crippen molar-refractivity contribution in [2.75, 3.05) is 11.6 Å². The van der Waals surface area contributed by atoms with E-state index in [1.54, 1.807) is 6.07 Å². The normalized spacial score (nSPS) is 10.8. The van der Waals surface area contributed by atoms with Gasteiger partial charge in [0.15, 0.2) is 5.22 Å². The van der Waals surface area contributed by atoms with Crippen molar-refractivity contribution in [3.63, 3.8) is 0 Å². The SMILES string of the molecule is ClCCCCCCSCc1ccc(Cl)o1. The van der Waals surface area contributed by atoms with E-state index >= 15 is 0 Å². The van der Waals surface area contributed by atoms with E-state index in [1.807, 2.05) is 17.8 Å². The molecule has 4 heteroatoms. The Labute approximate surface area is 106 Å². The van der Waals surface area contributed by atoms with Gasteiger partial charge in [-0.25, -0.2) is 0 Å². The lowest BCUT2D eigenvalue weighted by atomic mass is 10.2. The maximum atomic E-state index is 5.67. The van der Waals surface area contributed by atoms with Crippen LogP contribution in [0.3, 0.4) is 0 Å². The van der Waals surface area contributed by atoms with Crippen molar-refractivity contribution in [3.05, 3.63) is 23.1 Å². The van der Waals surface area contributed by atoms with Gasteiger partial charge in [0.1, 0.15) is 5.76 Å². The number of alkyl halides is 1. The lowest BCUT2D eigenvalue weighted by molar-refractivity contribution is 0.532. The molecule has 1 heterocycles. The molecular weight excluding hydrogens is 251 g/mol. The predicted octanol–water partition coefficient (Wildman–Crippen LogP) is 4.97. The van der Waals surface area contributed by atoms with Crippen LogP contribution in [-0.4, -0.2) is 11.6 Å². The van der Waals surface area contributed by atoms with E-state index in [1.165, 1.54) is 25.0 Å². The number of unbranched alkanes of at least 4 members (excludes halogenated alkanes) is 3. The molecule has 0 aliphatic rings. The number of thioether (sulfide) groups is 1. The third-order valence-corrected chi connectivity index (χ3v) is 3.58. The van der Waals surface area contributed by atoms with Gasteiger partial charge in [0, 0.05) is 5.88 Å². The van der Waals surface area contributed by atoms with E-state index in [9.17, 15) is 0 Å². The summed E-state index contributed by atoms with van der Waals surface area (Å²) in [4.78, 5) is 0. The van der Waals surface area contributed by atoms with Crippen molar-refractivity contribution in [2.45, 2.75) is 31.4 Å². The van der Waals surface area contributed by atoms with Gasteiger partial charge in [0.05, 0.1) is 5.75 Å². The smallest absolute Gasteiger partial charge is 0.193 e. The number of halogens is 2. The number of rotatable bonds is 8. The first-order valence-corrected chi connectivity index (χ1v) is 7.27. The molecule has 0 aromatic carbocycles. The zero-order chi connectivity index (χ0) is 10.9. The standard InChI is InChI=1S/C11H16Cl2OS/c12-7-3-1-2-4-8-15-9-10-5-6-11(13)14-10/h5-6H,1-4,7-9H2. The summed E-state index contributed by atoms with van der Waals surface area (Å²) in [6.07, 6.45) is 4.92. The maximum Gasteiger partial charge on any atom is 0.193 e. The molecule has 0 spiro atoms. The lowest BCUT2D eigenvalue weighted by Crippen LogP contribution is -1.84. The second-order valence-corrected chi connectivity index (χ2v) is 5.22. The third-order valence-electron chi connectivity index (χ3n) is 2.05. The maximum absolute atomic E-state index is 5.67. The molecule has 0 aliphatic heterocycles. The Hall–Kier alpha value is 0.210. The average Bonchev–Trinajstić information content (AvgIpc) is 2.63. The Balaban J connectivity index is 1.93. The molecule has 0 radical (unpaired) electrons. The van der Waals surface area contributed by atoms with Gasteiger partial charge in [-0.05, 0) is 42.3 Å². The van der Waals surface area contributed by atoms with E-state index in [-0.39, 0.29) is 0 Å². The molecule has 1 aromatic heterocycles. The molecule has 15 heavy (non-hydrogen) atoms. The van der Waals surface area contributed by atoms with Crippen molar-refractivity contribution in [1.82, 2.24) is 0 Å². The molecule has 0 unspecified atom stereocenters. The lowest BCUT2D eigenvalue weighted by Gasteiger charge is -1.99. The Morgan fingerprint density at radius 2 is 1.93 bits per heavy atom.